The normalized spacial score (nSPS) is 20.0. The minimum atomic E-state index is -0.256. The number of hydrogen-bond acceptors (Lipinski definition) is 4. The average Bonchev–Trinajstić information content (AvgIpc) is 3.07. The number of nitrogens with one attached hydrogen (secondary N) is 1. The first-order valence-electron chi connectivity index (χ1n) is 9.76. The van der Waals surface area contributed by atoms with Gasteiger partial charge in [-0.2, -0.15) is 0 Å². The van der Waals surface area contributed by atoms with Gasteiger partial charge in [0.25, 0.3) is 0 Å². The second-order valence-corrected chi connectivity index (χ2v) is 7.97. The SMILES string of the molecule is Cn1cc(-c2cc(Cl)cc3ncn(CCC[C@H]4NCCC[C@@H]4O)c23)ccc1=O. The lowest BCUT2D eigenvalue weighted by Crippen LogP contribution is -2.44. The molecule has 1 aliphatic heterocycles. The number of imidazole rings is 1. The molecule has 2 N–H and O–H groups in total. The third kappa shape index (κ3) is 3.85. The van der Waals surface area contributed by atoms with Crippen molar-refractivity contribution in [2.75, 3.05) is 6.54 Å². The van der Waals surface area contributed by atoms with E-state index in [9.17, 15) is 9.90 Å². The van der Waals surface area contributed by atoms with Crippen LogP contribution in [0, 0.1) is 0 Å². The van der Waals surface area contributed by atoms with E-state index in [0.717, 1.165) is 60.9 Å². The molecule has 1 saturated heterocycles. The molecule has 7 heteroatoms. The molecule has 3 aromatic rings. The second-order valence-electron chi connectivity index (χ2n) is 7.54. The van der Waals surface area contributed by atoms with Crippen molar-refractivity contribution >= 4 is 22.6 Å². The van der Waals surface area contributed by atoms with Crippen molar-refractivity contribution in [3.8, 4) is 11.1 Å². The van der Waals surface area contributed by atoms with Crippen molar-refractivity contribution in [3.05, 3.63) is 52.2 Å². The molecule has 0 saturated carbocycles. The number of pyridine rings is 1. The Balaban J connectivity index is 1.62. The van der Waals surface area contributed by atoms with Gasteiger partial charge in [-0.3, -0.25) is 4.79 Å². The lowest BCUT2D eigenvalue weighted by Gasteiger charge is -2.29. The van der Waals surface area contributed by atoms with Crippen LogP contribution in [-0.2, 0) is 13.6 Å². The van der Waals surface area contributed by atoms with Crippen molar-refractivity contribution in [1.82, 2.24) is 19.4 Å². The van der Waals surface area contributed by atoms with Crippen LogP contribution in [0.2, 0.25) is 5.02 Å². The number of halogens is 1. The van der Waals surface area contributed by atoms with Crippen molar-refractivity contribution in [2.24, 2.45) is 7.05 Å². The molecule has 2 atom stereocenters. The van der Waals surface area contributed by atoms with Crippen LogP contribution in [0.15, 0.2) is 41.6 Å². The first-order valence-corrected chi connectivity index (χ1v) is 10.1. The molecule has 0 spiro atoms. The van der Waals surface area contributed by atoms with E-state index >= 15 is 0 Å². The molecular formula is C21H25ClN4O2. The maximum absolute atomic E-state index is 11.8. The highest BCUT2D eigenvalue weighted by molar-refractivity contribution is 6.31. The van der Waals surface area contributed by atoms with E-state index in [1.54, 1.807) is 17.7 Å². The maximum atomic E-state index is 11.8. The number of aliphatic hydroxyl groups is 1. The molecule has 148 valence electrons. The van der Waals surface area contributed by atoms with Crippen molar-refractivity contribution in [2.45, 2.75) is 44.4 Å². The summed E-state index contributed by atoms with van der Waals surface area (Å²) >= 11 is 6.32. The molecule has 2 aromatic heterocycles. The zero-order valence-corrected chi connectivity index (χ0v) is 16.7. The number of piperidine rings is 1. The van der Waals surface area contributed by atoms with E-state index in [1.807, 2.05) is 30.7 Å². The molecule has 28 heavy (non-hydrogen) atoms. The zero-order chi connectivity index (χ0) is 19.7. The van der Waals surface area contributed by atoms with Crippen LogP contribution in [0.1, 0.15) is 25.7 Å². The molecule has 6 nitrogen and oxygen atoms in total. The lowest BCUT2D eigenvalue weighted by atomic mass is 9.97. The monoisotopic (exact) mass is 400 g/mol. The molecule has 0 bridgehead atoms. The number of hydrogen-bond donors (Lipinski definition) is 2. The van der Waals surface area contributed by atoms with E-state index in [1.165, 1.54) is 0 Å². The summed E-state index contributed by atoms with van der Waals surface area (Å²) in [7, 11) is 1.74. The van der Waals surface area contributed by atoms with E-state index in [4.69, 9.17) is 11.6 Å². The number of aryl methyl sites for hydroxylation is 2. The topological polar surface area (TPSA) is 72.1 Å². The van der Waals surface area contributed by atoms with E-state index in [-0.39, 0.29) is 17.7 Å². The molecule has 0 unspecified atom stereocenters. The number of benzene rings is 1. The number of nitrogens with zero attached hydrogens (tertiary/aromatic N) is 3. The quantitative estimate of drug-likeness (QED) is 0.690. The van der Waals surface area contributed by atoms with Gasteiger partial charge in [0.1, 0.15) is 0 Å². The average molecular weight is 401 g/mol. The van der Waals surface area contributed by atoms with Gasteiger partial charge in [-0.05, 0) is 50.4 Å². The van der Waals surface area contributed by atoms with Gasteiger partial charge in [-0.1, -0.05) is 11.6 Å². The molecule has 0 amide bonds. The Morgan fingerprint density at radius 2 is 2.21 bits per heavy atom. The highest BCUT2D eigenvalue weighted by Gasteiger charge is 2.22. The molecule has 4 rings (SSSR count). The summed E-state index contributed by atoms with van der Waals surface area (Å²) < 4.78 is 3.71. The van der Waals surface area contributed by atoms with Gasteiger partial charge < -0.3 is 19.6 Å². The van der Waals surface area contributed by atoms with Crippen LogP contribution in [0.25, 0.3) is 22.2 Å². The first kappa shape index (κ1) is 19.2. The third-order valence-electron chi connectivity index (χ3n) is 5.54. The summed E-state index contributed by atoms with van der Waals surface area (Å²) in [5.74, 6) is 0. The molecule has 1 aromatic carbocycles. The van der Waals surface area contributed by atoms with Crippen molar-refractivity contribution in [3.63, 3.8) is 0 Å². The summed E-state index contributed by atoms with van der Waals surface area (Å²) in [6.45, 7) is 1.78. The minimum absolute atomic E-state index is 0.0472. The Labute approximate surface area is 168 Å². The molecule has 3 heterocycles. The highest BCUT2D eigenvalue weighted by atomic mass is 35.5. The Kier molecular flexibility index (Phi) is 5.53. The number of fused-ring (bicyclic) bond motifs is 1. The largest absolute Gasteiger partial charge is 0.392 e. The number of aliphatic hydroxyl groups excluding tert-OH is 1. The van der Waals surface area contributed by atoms with Crippen LogP contribution in [0.4, 0.5) is 0 Å². The summed E-state index contributed by atoms with van der Waals surface area (Å²) in [4.78, 5) is 16.3. The van der Waals surface area contributed by atoms with Crippen LogP contribution in [0.3, 0.4) is 0 Å². The predicted molar refractivity (Wildman–Crippen MR) is 112 cm³/mol. The van der Waals surface area contributed by atoms with Gasteiger partial charge in [0.15, 0.2) is 0 Å². The van der Waals surface area contributed by atoms with Gasteiger partial charge in [0.2, 0.25) is 5.56 Å². The summed E-state index contributed by atoms with van der Waals surface area (Å²) in [5.41, 5.74) is 3.70. The fourth-order valence-corrected chi connectivity index (χ4v) is 4.24. The highest BCUT2D eigenvalue weighted by Crippen LogP contribution is 2.31. The Morgan fingerprint density at radius 3 is 3.00 bits per heavy atom. The summed E-state index contributed by atoms with van der Waals surface area (Å²) in [5, 5.41) is 14.2. The molecule has 0 radical (unpaired) electrons. The van der Waals surface area contributed by atoms with Gasteiger partial charge >= 0.3 is 0 Å². The standard InChI is InChI=1S/C21H25ClN4O2/c1-25-12-14(6-7-20(25)28)16-10-15(22)11-18-21(16)26(13-24-18)9-3-4-17-19(27)5-2-8-23-17/h6-7,10-13,17,19,23,27H,2-5,8-9H2,1H3/t17-,19+/m1/s1. The van der Waals surface area contributed by atoms with Crippen molar-refractivity contribution < 1.29 is 5.11 Å². The molecule has 1 aliphatic rings. The Hall–Kier alpha value is -2.15. The fourth-order valence-electron chi connectivity index (χ4n) is 4.03. The van der Waals surface area contributed by atoms with Crippen LogP contribution >= 0.6 is 11.6 Å². The lowest BCUT2D eigenvalue weighted by molar-refractivity contribution is 0.0909. The van der Waals surface area contributed by atoms with Crippen molar-refractivity contribution in [1.29, 1.82) is 0 Å². The molecular weight excluding hydrogens is 376 g/mol. The Bertz CT molecular complexity index is 1040. The minimum Gasteiger partial charge on any atom is -0.392 e. The van der Waals surface area contributed by atoms with Gasteiger partial charge in [0.05, 0.1) is 23.5 Å². The number of rotatable bonds is 5. The van der Waals surface area contributed by atoms with E-state index < -0.39 is 0 Å². The molecule has 1 fully saturated rings. The van der Waals surface area contributed by atoms with Crippen LogP contribution in [-0.4, -0.2) is 37.9 Å². The van der Waals surface area contributed by atoms with Crippen LogP contribution < -0.4 is 10.9 Å². The Morgan fingerprint density at radius 1 is 1.36 bits per heavy atom. The third-order valence-corrected chi connectivity index (χ3v) is 5.75. The first-order chi connectivity index (χ1) is 13.5. The van der Waals surface area contributed by atoms with Gasteiger partial charge in [0, 0.05) is 48.0 Å². The molecule has 0 aliphatic carbocycles. The predicted octanol–water partition coefficient (Wildman–Crippen LogP) is 2.95. The smallest absolute Gasteiger partial charge is 0.250 e. The fraction of sp³-hybridized carbons (Fsp3) is 0.429. The van der Waals surface area contributed by atoms with Gasteiger partial charge in [-0.25, -0.2) is 4.98 Å². The second kappa shape index (κ2) is 8.07. The zero-order valence-electron chi connectivity index (χ0n) is 15.9. The summed E-state index contributed by atoms with van der Waals surface area (Å²) in [6.07, 6.45) is 7.19. The van der Waals surface area contributed by atoms with E-state index in [0.29, 0.717) is 5.02 Å². The van der Waals surface area contributed by atoms with Gasteiger partial charge in [-0.15, -0.1) is 0 Å². The van der Waals surface area contributed by atoms with E-state index in [2.05, 4.69) is 14.9 Å². The van der Waals surface area contributed by atoms with Crippen LogP contribution in [0.5, 0.6) is 0 Å². The number of aromatic nitrogens is 3. The maximum Gasteiger partial charge on any atom is 0.250 e. The summed E-state index contributed by atoms with van der Waals surface area (Å²) in [6, 6.07) is 7.35.